The molecule has 9 nitrogen and oxygen atoms in total. The van der Waals surface area contributed by atoms with Crippen molar-refractivity contribution in [3.63, 3.8) is 0 Å². The Morgan fingerprint density at radius 2 is 2.06 bits per heavy atom. The molecule has 0 bridgehead atoms. The molecule has 12 heteroatoms. The molecule has 0 aliphatic carbocycles. The third-order valence-electron chi connectivity index (χ3n) is 6.49. The van der Waals surface area contributed by atoms with Gasteiger partial charge in [0.25, 0.3) is 5.92 Å². The molecule has 5 rings (SSSR count). The lowest BCUT2D eigenvalue weighted by atomic mass is 9.98. The number of aromatic nitrogens is 3. The van der Waals surface area contributed by atoms with Gasteiger partial charge < -0.3 is 23.5 Å². The maximum absolute atomic E-state index is 14.3. The van der Waals surface area contributed by atoms with E-state index in [2.05, 4.69) is 9.97 Å². The van der Waals surface area contributed by atoms with Gasteiger partial charge in [0.1, 0.15) is 41.5 Å². The molecule has 0 saturated carbocycles. The van der Waals surface area contributed by atoms with Gasteiger partial charge in [0.15, 0.2) is 12.0 Å². The fourth-order valence-electron chi connectivity index (χ4n) is 5.12. The summed E-state index contributed by atoms with van der Waals surface area (Å²) in [5, 5.41) is 0.968. The van der Waals surface area contributed by atoms with Gasteiger partial charge in [-0.25, -0.2) is 18.7 Å². The van der Waals surface area contributed by atoms with E-state index in [4.69, 9.17) is 30.5 Å². The van der Waals surface area contributed by atoms with Crippen molar-refractivity contribution in [1.29, 1.82) is 0 Å². The average Bonchev–Trinajstić information content (AvgIpc) is 3.40. The van der Waals surface area contributed by atoms with Crippen LogP contribution in [0.4, 0.5) is 8.78 Å². The summed E-state index contributed by atoms with van der Waals surface area (Å²) in [7, 11) is 0. The van der Waals surface area contributed by atoms with Gasteiger partial charge in [-0.3, -0.25) is 9.69 Å². The Bertz CT molecular complexity index is 1080. The predicted octanol–water partition coefficient (Wildman–Crippen LogP) is 3.17. The summed E-state index contributed by atoms with van der Waals surface area (Å²) < 4.78 is 54.2. The van der Waals surface area contributed by atoms with Crippen LogP contribution in [0.25, 0.3) is 11.0 Å². The number of ether oxygens (including phenoxy) is 4. The zero-order valence-corrected chi connectivity index (χ0v) is 19.9. The number of carbonyl (C=O) groups is 1. The maximum atomic E-state index is 14.3. The summed E-state index contributed by atoms with van der Waals surface area (Å²) in [6, 6.07) is 1.02. The number of alkyl halides is 2. The summed E-state index contributed by atoms with van der Waals surface area (Å²) >= 11 is 6.21. The first kappa shape index (κ1) is 23.8. The molecule has 1 unspecified atom stereocenters. The van der Waals surface area contributed by atoms with Crippen LogP contribution >= 0.6 is 11.6 Å². The van der Waals surface area contributed by atoms with Gasteiger partial charge in [0, 0.05) is 19.2 Å². The third-order valence-corrected chi connectivity index (χ3v) is 6.79. The van der Waals surface area contributed by atoms with E-state index in [0.29, 0.717) is 16.2 Å². The number of hydrogen-bond donors (Lipinski definition) is 0. The summed E-state index contributed by atoms with van der Waals surface area (Å²) in [6.45, 7) is 4.97. The molecule has 0 radical (unpaired) electrons. The third kappa shape index (κ3) is 4.28. The Morgan fingerprint density at radius 1 is 1.29 bits per heavy atom. The predicted molar refractivity (Wildman–Crippen MR) is 116 cm³/mol. The van der Waals surface area contributed by atoms with Crippen LogP contribution in [0.2, 0.25) is 5.15 Å². The lowest BCUT2D eigenvalue weighted by molar-refractivity contribution is -0.201. The van der Waals surface area contributed by atoms with Crippen LogP contribution in [0.15, 0.2) is 18.6 Å². The Hall–Kier alpha value is -1.92. The van der Waals surface area contributed by atoms with E-state index < -0.39 is 54.8 Å². The SMILES string of the molecule is CCOC(=O)C1CCC(F)(F)CN1C[C@H]1O[C@@H](n2ccc3c(Cl)ncnc32)[C@@H]2OC(C)(C)O[C@@H]21. The average molecular weight is 501 g/mol. The first-order chi connectivity index (χ1) is 16.1. The van der Waals surface area contributed by atoms with Crippen molar-refractivity contribution in [3.05, 3.63) is 23.7 Å². The first-order valence-corrected chi connectivity index (χ1v) is 11.7. The van der Waals surface area contributed by atoms with Gasteiger partial charge >= 0.3 is 5.97 Å². The van der Waals surface area contributed by atoms with E-state index in [-0.39, 0.29) is 26.0 Å². The lowest BCUT2D eigenvalue weighted by Crippen LogP contribution is -2.55. The number of rotatable bonds is 5. The zero-order valence-electron chi connectivity index (χ0n) is 19.1. The second-order valence-electron chi connectivity index (χ2n) is 9.35. The number of hydrogen-bond acceptors (Lipinski definition) is 8. The highest BCUT2D eigenvalue weighted by molar-refractivity contribution is 6.33. The highest BCUT2D eigenvalue weighted by Crippen LogP contribution is 2.45. The number of carbonyl (C=O) groups excluding carboxylic acids is 1. The van der Waals surface area contributed by atoms with Crippen LogP contribution in [-0.4, -0.2) is 81.2 Å². The van der Waals surface area contributed by atoms with E-state index in [1.54, 1.807) is 37.6 Å². The molecule has 3 aliphatic rings. The van der Waals surface area contributed by atoms with Crippen molar-refractivity contribution < 1.29 is 32.5 Å². The number of halogens is 3. The van der Waals surface area contributed by atoms with Gasteiger partial charge in [0.05, 0.1) is 18.5 Å². The largest absolute Gasteiger partial charge is 0.465 e. The lowest BCUT2D eigenvalue weighted by Gasteiger charge is -2.39. The summed E-state index contributed by atoms with van der Waals surface area (Å²) in [4.78, 5) is 22.3. The van der Waals surface area contributed by atoms with Crippen LogP contribution in [0.5, 0.6) is 0 Å². The van der Waals surface area contributed by atoms with Crippen molar-refractivity contribution in [2.24, 2.45) is 0 Å². The van der Waals surface area contributed by atoms with Crippen LogP contribution in [0, 0.1) is 0 Å². The number of nitrogens with zero attached hydrogens (tertiary/aromatic N) is 4. The molecule has 0 amide bonds. The number of piperidine rings is 1. The molecule has 0 N–H and O–H groups in total. The van der Waals surface area contributed by atoms with Crippen molar-refractivity contribution in [3.8, 4) is 0 Å². The van der Waals surface area contributed by atoms with Gasteiger partial charge in [0.2, 0.25) is 0 Å². The minimum absolute atomic E-state index is 0.0105. The molecular weight excluding hydrogens is 474 g/mol. The molecule has 2 aromatic heterocycles. The Balaban J connectivity index is 1.44. The second-order valence-corrected chi connectivity index (χ2v) is 9.70. The van der Waals surface area contributed by atoms with Crippen molar-refractivity contribution >= 4 is 28.6 Å². The molecule has 5 atom stereocenters. The van der Waals surface area contributed by atoms with Crippen molar-refractivity contribution in [2.45, 2.75) is 75.9 Å². The van der Waals surface area contributed by atoms with Gasteiger partial charge in [-0.1, -0.05) is 11.6 Å². The minimum Gasteiger partial charge on any atom is -0.465 e. The Morgan fingerprint density at radius 3 is 2.82 bits per heavy atom. The van der Waals surface area contributed by atoms with Crippen molar-refractivity contribution in [1.82, 2.24) is 19.4 Å². The highest BCUT2D eigenvalue weighted by Gasteiger charge is 2.57. The fraction of sp³-hybridized carbons (Fsp3) is 0.682. The molecule has 3 aliphatic heterocycles. The standard InChI is InChI=1S/C22H27ClF2N4O5/c1-4-31-20(30)13-5-7-22(24,25)10-28(13)9-14-15-16(34-21(2,3)33-15)19(32-14)29-8-6-12-17(23)26-11-27-18(12)29/h6,8,11,13-16,19H,4-5,7,9-10H2,1-3H3/t13?,14-,15-,16-,19-/m1/s1. The number of likely N-dealkylation sites (tertiary alicyclic amines) is 1. The zero-order chi connectivity index (χ0) is 24.3. The smallest absolute Gasteiger partial charge is 0.323 e. The molecule has 2 aromatic rings. The molecule has 3 fully saturated rings. The summed E-state index contributed by atoms with van der Waals surface area (Å²) in [6.07, 6.45) is 0.473. The van der Waals surface area contributed by atoms with Gasteiger partial charge in [-0.15, -0.1) is 0 Å². The van der Waals surface area contributed by atoms with Crippen LogP contribution in [-0.2, 0) is 23.7 Å². The van der Waals surface area contributed by atoms with E-state index in [1.807, 2.05) is 0 Å². The molecule has 186 valence electrons. The Labute approximate surface area is 200 Å². The summed E-state index contributed by atoms with van der Waals surface area (Å²) in [5.41, 5.74) is 0.562. The quantitative estimate of drug-likeness (QED) is 0.457. The van der Waals surface area contributed by atoms with E-state index >= 15 is 0 Å². The monoisotopic (exact) mass is 500 g/mol. The molecule has 0 aromatic carbocycles. The van der Waals surface area contributed by atoms with Crippen LogP contribution < -0.4 is 0 Å². The molecule has 0 spiro atoms. The molecule has 3 saturated heterocycles. The normalized spacial score (nSPS) is 32.7. The summed E-state index contributed by atoms with van der Waals surface area (Å²) in [5.74, 6) is -4.30. The molecule has 5 heterocycles. The maximum Gasteiger partial charge on any atom is 0.323 e. The van der Waals surface area contributed by atoms with E-state index in [9.17, 15) is 13.6 Å². The van der Waals surface area contributed by atoms with Gasteiger partial charge in [-0.2, -0.15) is 0 Å². The molecular formula is C22H27ClF2N4O5. The fourth-order valence-corrected chi connectivity index (χ4v) is 5.31. The minimum atomic E-state index is -2.91. The van der Waals surface area contributed by atoms with E-state index in [0.717, 1.165) is 0 Å². The van der Waals surface area contributed by atoms with E-state index in [1.165, 1.54) is 11.2 Å². The number of fused-ring (bicyclic) bond motifs is 2. The second kappa shape index (κ2) is 8.63. The highest BCUT2D eigenvalue weighted by atomic mass is 35.5. The van der Waals surface area contributed by atoms with Crippen LogP contribution in [0.3, 0.4) is 0 Å². The van der Waals surface area contributed by atoms with Crippen molar-refractivity contribution in [2.75, 3.05) is 19.7 Å². The topological polar surface area (TPSA) is 87.9 Å². The van der Waals surface area contributed by atoms with Gasteiger partial charge in [-0.05, 0) is 33.3 Å². The first-order valence-electron chi connectivity index (χ1n) is 11.4. The van der Waals surface area contributed by atoms with Crippen LogP contribution in [0.1, 0.15) is 39.8 Å². The molecule has 34 heavy (non-hydrogen) atoms. The Kier molecular flexibility index (Phi) is 6.04. The number of esters is 1.